The lowest BCUT2D eigenvalue weighted by Crippen LogP contribution is -2.15. The Balaban J connectivity index is 1.52. The van der Waals surface area contributed by atoms with Gasteiger partial charge >= 0.3 is 0 Å². The number of tetrazole rings is 1. The van der Waals surface area contributed by atoms with Gasteiger partial charge in [0.25, 0.3) is 0 Å². The van der Waals surface area contributed by atoms with Crippen LogP contribution in [0.1, 0.15) is 18.2 Å². The summed E-state index contributed by atoms with van der Waals surface area (Å²) in [7, 11) is 1.97. The quantitative estimate of drug-likeness (QED) is 0.473. The van der Waals surface area contributed by atoms with E-state index in [0.717, 1.165) is 35.0 Å². The molecule has 0 aliphatic carbocycles. The first-order valence-corrected chi connectivity index (χ1v) is 9.72. The number of aryl methyl sites for hydroxylation is 1. The van der Waals surface area contributed by atoms with Gasteiger partial charge < -0.3 is 9.47 Å². The van der Waals surface area contributed by atoms with E-state index >= 15 is 0 Å². The van der Waals surface area contributed by atoms with Crippen molar-refractivity contribution in [2.24, 2.45) is 0 Å². The zero-order valence-corrected chi connectivity index (χ0v) is 16.9. The molecule has 0 fully saturated rings. The van der Waals surface area contributed by atoms with Crippen LogP contribution in [0.15, 0.2) is 54.9 Å². The second kappa shape index (κ2) is 7.38. The summed E-state index contributed by atoms with van der Waals surface area (Å²) in [6, 6.07) is 16.2. The Hall–Kier alpha value is -4.52. The maximum absolute atomic E-state index is 9.37. The predicted octanol–water partition coefficient (Wildman–Crippen LogP) is 2.90. The monoisotopic (exact) mass is 410 g/mol. The molecule has 0 amide bonds. The average Bonchev–Trinajstić information content (AvgIpc) is 3.57. The van der Waals surface area contributed by atoms with Crippen LogP contribution in [0.25, 0.3) is 22.9 Å². The van der Waals surface area contributed by atoms with Gasteiger partial charge in [-0.2, -0.15) is 20.1 Å². The molecule has 5 aromatic rings. The van der Waals surface area contributed by atoms with Crippen molar-refractivity contribution in [3.63, 3.8) is 0 Å². The van der Waals surface area contributed by atoms with Gasteiger partial charge in [0.05, 0.1) is 11.9 Å². The Morgan fingerprint density at radius 2 is 2.03 bits per heavy atom. The molecule has 0 aliphatic rings. The third kappa shape index (κ3) is 3.08. The zero-order chi connectivity index (χ0) is 21.4. The topological polar surface area (TPSA) is 117 Å². The number of hydrogen-bond acceptors (Lipinski definition) is 7. The maximum atomic E-state index is 9.37. The number of aromatic nitrogens is 8. The molecule has 152 valence electrons. The molecule has 0 unspecified atom stereocenters. The van der Waals surface area contributed by atoms with E-state index in [2.05, 4.69) is 36.8 Å². The van der Waals surface area contributed by atoms with Gasteiger partial charge in [-0.25, -0.2) is 4.98 Å². The van der Waals surface area contributed by atoms with Crippen molar-refractivity contribution in [1.82, 2.24) is 39.8 Å². The molecule has 0 radical (unpaired) electrons. The molecule has 4 heterocycles. The van der Waals surface area contributed by atoms with Crippen LogP contribution in [0.4, 0.5) is 11.5 Å². The first kappa shape index (κ1) is 18.5. The van der Waals surface area contributed by atoms with Crippen molar-refractivity contribution in [1.29, 1.82) is 5.26 Å². The van der Waals surface area contributed by atoms with Crippen LogP contribution < -0.4 is 4.90 Å². The first-order valence-electron chi connectivity index (χ1n) is 9.72. The molecule has 10 nitrogen and oxygen atoms in total. The van der Waals surface area contributed by atoms with Crippen molar-refractivity contribution in [3.05, 3.63) is 66.1 Å². The highest BCUT2D eigenvalue weighted by molar-refractivity contribution is 5.66. The number of nitriles is 1. The lowest BCUT2D eigenvalue weighted by atomic mass is 10.2. The number of H-pyrrole nitrogens is 1. The molecule has 1 aromatic carbocycles. The summed E-state index contributed by atoms with van der Waals surface area (Å²) in [6.07, 6.45) is 4.27. The van der Waals surface area contributed by atoms with E-state index in [9.17, 15) is 5.26 Å². The fraction of sp³-hybridized carbons (Fsp3) is 0.143. The Morgan fingerprint density at radius 1 is 1.19 bits per heavy atom. The summed E-state index contributed by atoms with van der Waals surface area (Å²) in [5.41, 5.74) is 4.72. The van der Waals surface area contributed by atoms with Gasteiger partial charge in [0.1, 0.15) is 17.5 Å². The lowest BCUT2D eigenvalue weighted by Gasteiger charge is -2.21. The largest absolute Gasteiger partial charge is 0.329 e. The maximum Gasteiger partial charge on any atom is 0.221 e. The summed E-state index contributed by atoms with van der Waals surface area (Å²) < 4.78 is 3.70. The van der Waals surface area contributed by atoms with E-state index in [1.54, 1.807) is 10.7 Å². The third-order valence-corrected chi connectivity index (χ3v) is 5.17. The first-order chi connectivity index (χ1) is 15.2. The Bertz CT molecular complexity index is 1390. The minimum atomic E-state index is 0.460. The molecular weight excluding hydrogens is 392 g/mol. The second-order valence-corrected chi connectivity index (χ2v) is 6.94. The van der Waals surface area contributed by atoms with E-state index in [4.69, 9.17) is 0 Å². The van der Waals surface area contributed by atoms with Crippen molar-refractivity contribution < 1.29 is 0 Å². The highest BCUT2D eigenvalue weighted by atomic mass is 15.5. The highest BCUT2D eigenvalue weighted by Gasteiger charge is 2.16. The van der Waals surface area contributed by atoms with Crippen molar-refractivity contribution in [3.8, 4) is 23.3 Å². The molecule has 0 saturated heterocycles. The lowest BCUT2D eigenvalue weighted by molar-refractivity contribution is 0.881. The fourth-order valence-electron chi connectivity index (χ4n) is 3.52. The normalized spacial score (nSPS) is 11.0. The van der Waals surface area contributed by atoms with Gasteiger partial charge in [0, 0.05) is 36.4 Å². The minimum absolute atomic E-state index is 0.460. The third-order valence-electron chi connectivity index (χ3n) is 5.17. The SMILES string of the molecule is CCc1cc(N(C)c2ccc(-n3cccc3-c3nn[nH]n3)cc2)n2ncc(C#N)c2n1. The molecule has 10 heteroatoms. The van der Waals surface area contributed by atoms with E-state index in [1.807, 2.05) is 72.1 Å². The molecule has 1 N–H and O–H groups in total. The molecular formula is C21H18N10. The van der Waals surface area contributed by atoms with Crippen molar-refractivity contribution >= 4 is 17.2 Å². The standard InChI is InChI=1S/C21H18N10/c1-3-15-11-19(31-21(24-15)14(12-22)13-23-31)29(2)16-6-8-17(9-7-16)30-10-4-5-18(30)20-25-27-28-26-20/h4-11,13H,3H2,1-2H3,(H,25,26,27,28). The van der Waals surface area contributed by atoms with E-state index in [0.29, 0.717) is 17.0 Å². The smallest absolute Gasteiger partial charge is 0.221 e. The molecule has 4 aromatic heterocycles. The molecule has 5 rings (SSSR count). The Kier molecular flexibility index (Phi) is 4.41. The number of hydrogen-bond donors (Lipinski definition) is 1. The Morgan fingerprint density at radius 3 is 2.74 bits per heavy atom. The van der Waals surface area contributed by atoms with Crippen LogP contribution in [0.2, 0.25) is 0 Å². The number of fused-ring (bicyclic) bond motifs is 1. The zero-order valence-electron chi connectivity index (χ0n) is 16.9. The van der Waals surface area contributed by atoms with Gasteiger partial charge in [-0.3, -0.25) is 0 Å². The molecule has 0 bridgehead atoms. The minimum Gasteiger partial charge on any atom is -0.329 e. The second-order valence-electron chi connectivity index (χ2n) is 6.94. The molecule has 0 spiro atoms. The summed E-state index contributed by atoms with van der Waals surface area (Å²) in [5, 5.41) is 28.0. The number of nitrogens with zero attached hydrogens (tertiary/aromatic N) is 9. The molecule has 0 atom stereocenters. The number of aromatic amines is 1. The molecule has 0 saturated carbocycles. The number of rotatable bonds is 5. The van der Waals surface area contributed by atoms with E-state index < -0.39 is 0 Å². The average molecular weight is 410 g/mol. The summed E-state index contributed by atoms with van der Waals surface area (Å²) >= 11 is 0. The van der Waals surface area contributed by atoms with Crippen LogP contribution in [0.3, 0.4) is 0 Å². The summed E-state index contributed by atoms with van der Waals surface area (Å²) in [5.74, 6) is 1.37. The van der Waals surface area contributed by atoms with Gasteiger partial charge in [-0.1, -0.05) is 6.92 Å². The predicted molar refractivity (Wildman–Crippen MR) is 114 cm³/mol. The number of benzene rings is 1. The van der Waals surface area contributed by atoms with E-state index in [-0.39, 0.29) is 0 Å². The highest BCUT2D eigenvalue weighted by Crippen LogP contribution is 2.28. The van der Waals surface area contributed by atoms with Crippen LogP contribution in [-0.4, -0.2) is 46.8 Å². The fourth-order valence-corrected chi connectivity index (χ4v) is 3.52. The van der Waals surface area contributed by atoms with Gasteiger partial charge in [-0.15, -0.1) is 10.2 Å². The summed E-state index contributed by atoms with van der Waals surface area (Å²) in [6.45, 7) is 2.04. The van der Waals surface area contributed by atoms with Gasteiger partial charge in [0.15, 0.2) is 5.65 Å². The molecule has 31 heavy (non-hydrogen) atoms. The van der Waals surface area contributed by atoms with Gasteiger partial charge in [-0.05, 0) is 48.0 Å². The van der Waals surface area contributed by atoms with Crippen LogP contribution in [0, 0.1) is 11.3 Å². The number of anilines is 2. The number of nitrogens with one attached hydrogen (secondary N) is 1. The van der Waals surface area contributed by atoms with Crippen LogP contribution >= 0.6 is 0 Å². The summed E-state index contributed by atoms with van der Waals surface area (Å²) in [4.78, 5) is 6.60. The Labute approximate surface area is 177 Å². The van der Waals surface area contributed by atoms with Crippen LogP contribution in [-0.2, 0) is 6.42 Å². The molecule has 0 aliphatic heterocycles. The van der Waals surface area contributed by atoms with Gasteiger partial charge in [0.2, 0.25) is 5.82 Å². The van der Waals surface area contributed by atoms with E-state index in [1.165, 1.54) is 0 Å². The van der Waals surface area contributed by atoms with Crippen LogP contribution in [0.5, 0.6) is 0 Å². The van der Waals surface area contributed by atoms with Crippen molar-refractivity contribution in [2.75, 3.05) is 11.9 Å². The van der Waals surface area contributed by atoms with Crippen molar-refractivity contribution in [2.45, 2.75) is 13.3 Å².